The molecule has 5 rings (SSSR count). The zero-order valence-corrected chi connectivity index (χ0v) is 25.7. The first-order valence-corrected chi connectivity index (χ1v) is 14.9. The van der Waals surface area contributed by atoms with E-state index in [4.69, 9.17) is 32.7 Å². The Morgan fingerprint density at radius 1 is 0.976 bits per heavy atom. The Bertz CT molecular complexity index is 1510. The van der Waals surface area contributed by atoms with Crippen molar-refractivity contribution in [3.05, 3.63) is 68.5 Å². The predicted molar refractivity (Wildman–Crippen MR) is 162 cm³/mol. The second kappa shape index (κ2) is 11.5. The van der Waals surface area contributed by atoms with E-state index in [0.717, 1.165) is 16.0 Å². The fourth-order valence-electron chi connectivity index (χ4n) is 4.81. The number of nitrogens with zero attached hydrogens (tertiary/aromatic N) is 3. The van der Waals surface area contributed by atoms with Gasteiger partial charge in [0.15, 0.2) is 0 Å². The van der Waals surface area contributed by atoms with Crippen molar-refractivity contribution in [2.75, 3.05) is 44.7 Å². The second-order valence-electron chi connectivity index (χ2n) is 11.0. The van der Waals surface area contributed by atoms with Gasteiger partial charge in [-0.2, -0.15) is 0 Å². The summed E-state index contributed by atoms with van der Waals surface area (Å²) < 4.78 is 11.5. The lowest BCUT2D eigenvalue weighted by atomic mass is 10.0. The molecule has 0 bridgehead atoms. The highest BCUT2D eigenvalue weighted by atomic mass is 35.5. The van der Waals surface area contributed by atoms with E-state index in [2.05, 4.69) is 0 Å². The van der Waals surface area contributed by atoms with E-state index in [0.29, 0.717) is 71.1 Å². The molecule has 1 aromatic heterocycles. The van der Waals surface area contributed by atoms with Crippen molar-refractivity contribution in [1.82, 2.24) is 9.80 Å². The molecular formula is C30H31Cl2N3O5S. The maximum atomic E-state index is 13.5. The Labute approximate surface area is 253 Å². The Morgan fingerprint density at radius 3 is 2.37 bits per heavy atom. The number of carbonyl (C=O) groups excluding carboxylic acids is 3. The van der Waals surface area contributed by atoms with Crippen LogP contribution in [-0.4, -0.2) is 73.1 Å². The Kier molecular flexibility index (Phi) is 8.23. The maximum Gasteiger partial charge on any atom is 0.410 e. The van der Waals surface area contributed by atoms with Gasteiger partial charge in [-0.1, -0.05) is 23.2 Å². The zero-order valence-electron chi connectivity index (χ0n) is 23.3. The maximum absolute atomic E-state index is 13.5. The van der Waals surface area contributed by atoms with Gasteiger partial charge in [-0.3, -0.25) is 9.59 Å². The fraction of sp³-hybridized carbons (Fsp3) is 0.367. The lowest BCUT2D eigenvalue weighted by Crippen LogP contribution is -2.51. The Balaban J connectivity index is 1.35. The largest absolute Gasteiger partial charge is 0.493 e. The number of rotatable bonds is 3. The van der Waals surface area contributed by atoms with Gasteiger partial charge >= 0.3 is 6.09 Å². The van der Waals surface area contributed by atoms with Crippen LogP contribution >= 0.6 is 34.5 Å². The van der Waals surface area contributed by atoms with Gasteiger partial charge < -0.3 is 24.2 Å². The van der Waals surface area contributed by atoms with Gasteiger partial charge in [0, 0.05) is 60.7 Å². The molecule has 1 fully saturated rings. The van der Waals surface area contributed by atoms with Crippen molar-refractivity contribution in [3.63, 3.8) is 0 Å². The molecule has 0 atom stereocenters. The minimum absolute atomic E-state index is 0.118. The molecule has 0 N–H and O–H groups in total. The SMILES string of the molecule is CN(C(=O)c1cc2c(s1)-c1cc(C(=O)N3CCN(C(=O)OC(C)(C)C)CC3)ccc1OCC2)c1ccc(Cl)cc1Cl. The summed E-state index contributed by atoms with van der Waals surface area (Å²) in [6.07, 6.45) is 0.265. The predicted octanol–water partition coefficient (Wildman–Crippen LogP) is 6.63. The molecule has 2 aliphatic rings. The summed E-state index contributed by atoms with van der Waals surface area (Å²) in [6, 6.07) is 12.3. The highest BCUT2D eigenvalue weighted by Crippen LogP contribution is 2.42. The molecule has 3 amide bonds. The monoisotopic (exact) mass is 615 g/mol. The van der Waals surface area contributed by atoms with E-state index in [1.807, 2.05) is 39.0 Å². The second-order valence-corrected chi connectivity index (χ2v) is 12.9. The van der Waals surface area contributed by atoms with Crippen molar-refractivity contribution >= 4 is 58.1 Å². The van der Waals surface area contributed by atoms with Crippen LogP contribution < -0.4 is 9.64 Å². The van der Waals surface area contributed by atoms with Gasteiger partial charge in [0.1, 0.15) is 11.4 Å². The van der Waals surface area contributed by atoms with Crippen LogP contribution in [0.4, 0.5) is 10.5 Å². The van der Waals surface area contributed by atoms with Crippen LogP contribution in [-0.2, 0) is 11.2 Å². The van der Waals surface area contributed by atoms with Crippen molar-refractivity contribution in [2.45, 2.75) is 32.8 Å². The molecule has 0 saturated carbocycles. The zero-order chi connectivity index (χ0) is 29.5. The molecule has 8 nitrogen and oxygen atoms in total. The van der Waals surface area contributed by atoms with Crippen LogP contribution in [0.15, 0.2) is 42.5 Å². The molecular weight excluding hydrogens is 585 g/mol. The molecule has 3 heterocycles. The first-order valence-electron chi connectivity index (χ1n) is 13.3. The number of hydrogen-bond donors (Lipinski definition) is 0. The van der Waals surface area contributed by atoms with Crippen molar-refractivity contribution in [3.8, 4) is 16.2 Å². The molecule has 41 heavy (non-hydrogen) atoms. The third-order valence-electron chi connectivity index (χ3n) is 6.91. The third-order valence-corrected chi connectivity index (χ3v) is 8.65. The van der Waals surface area contributed by atoms with Crippen molar-refractivity contribution in [1.29, 1.82) is 0 Å². The summed E-state index contributed by atoms with van der Waals surface area (Å²) in [5, 5.41) is 0.884. The summed E-state index contributed by atoms with van der Waals surface area (Å²) in [4.78, 5) is 45.7. The van der Waals surface area contributed by atoms with Gasteiger partial charge in [-0.25, -0.2) is 4.79 Å². The number of benzene rings is 2. The first kappa shape index (κ1) is 29.2. The van der Waals surface area contributed by atoms with Crippen LogP contribution in [0.3, 0.4) is 0 Å². The standard InChI is InChI=1S/C30H31Cl2N3O5S/c1-30(2,3)40-29(38)35-12-10-34(11-13-35)27(36)19-5-8-24-21(15-19)26-18(9-14-39-24)16-25(41-26)28(37)33(4)23-7-6-20(31)17-22(23)32/h5-8,15-17H,9-14H2,1-4H3. The van der Waals surface area contributed by atoms with Crippen LogP contribution in [0.2, 0.25) is 10.0 Å². The molecule has 11 heteroatoms. The number of anilines is 1. The summed E-state index contributed by atoms with van der Waals surface area (Å²) in [6.45, 7) is 7.58. The van der Waals surface area contributed by atoms with Crippen LogP contribution in [0.1, 0.15) is 46.4 Å². The molecule has 216 valence electrons. The van der Waals surface area contributed by atoms with Crippen molar-refractivity contribution < 1.29 is 23.9 Å². The lowest BCUT2D eigenvalue weighted by molar-refractivity contribution is 0.0141. The number of piperazine rings is 1. The number of fused-ring (bicyclic) bond motifs is 3. The molecule has 3 aromatic rings. The number of thiophene rings is 1. The number of hydrogen-bond acceptors (Lipinski definition) is 6. The third kappa shape index (κ3) is 6.32. The Hall–Kier alpha value is -3.27. The lowest BCUT2D eigenvalue weighted by Gasteiger charge is -2.35. The van der Waals surface area contributed by atoms with Gasteiger partial charge in [0.05, 0.1) is 22.2 Å². The van der Waals surface area contributed by atoms with E-state index in [-0.39, 0.29) is 17.9 Å². The molecule has 1 saturated heterocycles. The van der Waals surface area contributed by atoms with E-state index in [9.17, 15) is 14.4 Å². The highest BCUT2D eigenvalue weighted by Gasteiger charge is 2.30. The summed E-state index contributed by atoms with van der Waals surface area (Å²) in [7, 11) is 1.68. The van der Waals surface area contributed by atoms with Crippen LogP contribution in [0, 0.1) is 0 Å². The average Bonchev–Trinajstić information content (AvgIpc) is 3.27. The minimum Gasteiger partial charge on any atom is -0.493 e. The van der Waals surface area contributed by atoms with Gasteiger partial charge in [-0.15, -0.1) is 11.3 Å². The van der Waals surface area contributed by atoms with E-state index >= 15 is 0 Å². The summed E-state index contributed by atoms with van der Waals surface area (Å²) >= 11 is 13.8. The molecule has 0 radical (unpaired) electrons. The van der Waals surface area contributed by atoms with Crippen LogP contribution in [0.5, 0.6) is 5.75 Å². The molecule has 0 spiro atoms. The molecule has 2 aliphatic heterocycles. The van der Waals surface area contributed by atoms with Gasteiger partial charge in [0.2, 0.25) is 0 Å². The summed E-state index contributed by atoms with van der Waals surface area (Å²) in [5.41, 5.74) is 2.29. The summed E-state index contributed by atoms with van der Waals surface area (Å²) in [5.74, 6) is 0.363. The molecule has 2 aromatic carbocycles. The van der Waals surface area contributed by atoms with E-state index < -0.39 is 5.60 Å². The normalized spacial score (nSPS) is 14.9. The van der Waals surface area contributed by atoms with E-state index in [1.165, 1.54) is 16.2 Å². The number of halogens is 2. The van der Waals surface area contributed by atoms with Gasteiger partial charge in [0.25, 0.3) is 11.8 Å². The number of ether oxygens (including phenoxy) is 2. The minimum atomic E-state index is -0.572. The number of carbonyl (C=O) groups is 3. The Morgan fingerprint density at radius 2 is 1.68 bits per heavy atom. The first-order chi connectivity index (χ1) is 19.4. The average molecular weight is 617 g/mol. The highest BCUT2D eigenvalue weighted by molar-refractivity contribution is 7.17. The fourth-order valence-corrected chi connectivity index (χ4v) is 6.56. The van der Waals surface area contributed by atoms with Crippen LogP contribution in [0.25, 0.3) is 10.4 Å². The van der Waals surface area contributed by atoms with E-state index in [1.54, 1.807) is 41.1 Å². The topological polar surface area (TPSA) is 79.4 Å². The molecule has 0 unspecified atom stereocenters. The number of amides is 3. The quantitative estimate of drug-likeness (QED) is 0.330. The molecule has 0 aliphatic carbocycles. The van der Waals surface area contributed by atoms with Crippen molar-refractivity contribution in [2.24, 2.45) is 0 Å². The smallest absolute Gasteiger partial charge is 0.410 e. The van der Waals surface area contributed by atoms with Gasteiger partial charge in [-0.05, 0) is 68.8 Å².